The third kappa shape index (κ3) is 9.10. The molecule has 37 heavy (non-hydrogen) atoms. The summed E-state index contributed by atoms with van der Waals surface area (Å²) in [5, 5.41) is 0. The van der Waals surface area contributed by atoms with Gasteiger partial charge in [0, 0.05) is 41.3 Å². The van der Waals surface area contributed by atoms with Crippen molar-refractivity contribution in [2.75, 3.05) is 71.7 Å². The van der Waals surface area contributed by atoms with Gasteiger partial charge in [-0.25, -0.2) is 0 Å². The predicted molar refractivity (Wildman–Crippen MR) is 164 cm³/mol. The van der Waals surface area contributed by atoms with Crippen molar-refractivity contribution in [2.45, 2.75) is 25.7 Å². The zero-order valence-electron chi connectivity index (χ0n) is 21.9. The molecule has 7 nitrogen and oxygen atoms in total. The molecule has 0 aliphatic carbocycles. The smallest absolute Gasteiger partial charge is 0.227 e. The second-order valence-electron chi connectivity index (χ2n) is 9.04. The van der Waals surface area contributed by atoms with Gasteiger partial charge in [0.1, 0.15) is 0 Å². The number of carbonyl (C=O) groups is 1. The number of halogens is 4. The molecule has 0 saturated carbocycles. The van der Waals surface area contributed by atoms with E-state index in [2.05, 4.69) is 55.8 Å². The number of carbonyl (C=O) groups excluding carboxylic acids is 1. The first-order valence-corrected chi connectivity index (χ1v) is 13.5. The van der Waals surface area contributed by atoms with Gasteiger partial charge in [-0.15, -0.1) is 24.8 Å². The summed E-state index contributed by atoms with van der Waals surface area (Å²) in [4.78, 5) is 19.5. The lowest BCUT2D eigenvalue weighted by Crippen LogP contribution is -2.35. The Morgan fingerprint density at radius 3 is 2.08 bits per heavy atom. The molecule has 1 amide bonds. The average molecular weight is 685 g/mol. The number of hydrogen-bond acceptors (Lipinski definition) is 6. The third-order valence-corrected chi connectivity index (χ3v) is 7.87. The molecular formula is C26H38Br2Cl2N4O3. The minimum Gasteiger partial charge on any atom is -0.493 e. The van der Waals surface area contributed by atoms with Gasteiger partial charge in [-0.3, -0.25) is 4.79 Å². The standard InChI is InChI=1S/C26H36Br2N4O3.2ClH/c1-30(8-5-10-31(2)20-16-21(27)26(29)22(28)17-20)9-6-11-32-12-7-18-13-23(34-3)24(35-4)14-19(18)15-25(32)33;;/h13-14,16-17H,5-12,15,29H2,1-4H3;2*1H. The van der Waals surface area contributed by atoms with Crippen molar-refractivity contribution in [3.63, 3.8) is 0 Å². The summed E-state index contributed by atoms with van der Waals surface area (Å²) >= 11 is 7.04. The van der Waals surface area contributed by atoms with E-state index in [1.807, 2.05) is 29.2 Å². The van der Waals surface area contributed by atoms with Crippen molar-refractivity contribution in [1.29, 1.82) is 0 Å². The first-order valence-electron chi connectivity index (χ1n) is 11.9. The minimum atomic E-state index is 0. The maximum atomic E-state index is 12.9. The highest BCUT2D eigenvalue weighted by molar-refractivity contribution is 9.11. The number of fused-ring (bicyclic) bond motifs is 1. The number of rotatable bonds is 11. The van der Waals surface area contributed by atoms with Crippen LogP contribution in [0.5, 0.6) is 11.5 Å². The highest BCUT2D eigenvalue weighted by Crippen LogP contribution is 2.33. The number of nitrogen functional groups attached to an aromatic ring is 1. The lowest BCUT2D eigenvalue weighted by atomic mass is 10.0. The summed E-state index contributed by atoms with van der Waals surface area (Å²) in [6, 6.07) is 8.05. The summed E-state index contributed by atoms with van der Waals surface area (Å²) < 4.78 is 12.6. The molecule has 0 radical (unpaired) electrons. The molecular weight excluding hydrogens is 647 g/mol. The van der Waals surface area contributed by atoms with E-state index in [1.165, 1.54) is 5.56 Å². The summed E-state index contributed by atoms with van der Waals surface area (Å²) in [6.07, 6.45) is 3.25. The third-order valence-electron chi connectivity index (χ3n) is 6.56. The highest BCUT2D eigenvalue weighted by Gasteiger charge is 2.22. The molecule has 0 atom stereocenters. The Kier molecular flexibility index (Phi) is 14.4. The molecule has 11 heteroatoms. The summed E-state index contributed by atoms with van der Waals surface area (Å²) in [7, 11) is 7.51. The largest absolute Gasteiger partial charge is 0.493 e. The van der Waals surface area contributed by atoms with Crippen LogP contribution in [-0.4, -0.2) is 76.7 Å². The molecule has 1 aliphatic heterocycles. The van der Waals surface area contributed by atoms with Crippen molar-refractivity contribution in [2.24, 2.45) is 0 Å². The zero-order chi connectivity index (χ0) is 25.5. The van der Waals surface area contributed by atoms with E-state index in [-0.39, 0.29) is 30.7 Å². The second-order valence-corrected chi connectivity index (χ2v) is 10.7. The number of methoxy groups -OCH3 is 2. The van der Waals surface area contributed by atoms with Gasteiger partial charge >= 0.3 is 0 Å². The van der Waals surface area contributed by atoms with E-state index in [4.69, 9.17) is 15.2 Å². The molecule has 2 aromatic rings. The van der Waals surface area contributed by atoms with Crippen LogP contribution in [0.25, 0.3) is 0 Å². The van der Waals surface area contributed by atoms with Crippen LogP contribution in [0.15, 0.2) is 33.2 Å². The van der Waals surface area contributed by atoms with E-state index in [0.717, 1.165) is 77.9 Å². The van der Waals surface area contributed by atoms with Crippen molar-refractivity contribution in [3.05, 3.63) is 44.3 Å². The van der Waals surface area contributed by atoms with E-state index in [1.54, 1.807) is 14.2 Å². The Balaban J connectivity index is 0.00000342. The van der Waals surface area contributed by atoms with Crippen LogP contribution in [0.1, 0.15) is 24.0 Å². The molecule has 1 heterocycles. The molecule has 2 aromatic carbocycles. The second kappa shape index (κ2) is 15.9. The number of anilines is 2. The molecule has 0 bridgehead atoms. The van der Waals surface area contributed by atoms with Crippen LogP contribution >= 0.6 is 56.7 Å². The van der Waals surface area contributed by atoms with Gasteiger partial charge in [0.2, 0.25) is 5.91 Å². The predicted octanol–water partition coefficient (Wildman–Crippen LogP) is 5.43. The molecule has 0 fully saturated rings. The van der Waals surface area contributed by atoms with Gasteiger partial charge in [-0.2, -0.15) is 0 Å². The van der Waals surface area contributed by atoms with Gasteiger partial charge in [-0.1, -0.05) is 0 Å². The zero-order valence-corrected chi connectivity index (χ0v) is 26.7. The van der Waals surface area contributed by atoms with E-state index >= 15 is 0 Å². The lowest BCUT2D eigenvalue weighted by molar-refractivity contribution is -0.130. The molecule has 0 saturated heterocycles. The number of hydrogen-bond donors (Lipinski definition) is 1. The molecule has 2 N–H and O–H groups in total. The molecule has 208 valence electrons. The maximum absolute atomic E-state index is 12.9. The molecule has 0 unspecified atom stereocenters. The highest BCUT2D eigenvalue weighted by atomic mass is 79.9. The van der Waals surface area contributed by atoms with Gasteiger partial charge in [0.25, 0.3) is 0 Å². The topological polar surface area (TPSA) is 71.3 Å². The fourth-order valence-corrected chi connectivity index (χ4v) is 5.56. The van der Waals surface area contributed by atoms with Crippen LogP contribution in [0.4, 0.5) is 11.4 Å². The number of nitrogens with zero attached hydrogens (tertiary/aromatic N) is 3. The lowest BCUT2D eigenvalue weighted by Gasteiger charge is -2.24. The monoisotopic (exact) mass is 682 g/mol. The molecule has 0 spiro atoms. The number of nitrogens with two attached hydrogens (primary N) is 1. The van der Waals surface area contributed by atoms with Crippen LogP contribution in [-0.2, 0) is 17.6 Å². The van der Waals surface area contributed by atoms with Crippen molar-refractivity contribution >= 4 is 74.0 Å². The Morgan fingerprint density at radius 1 is 0.919 bits per heavy atom. The number of amides is 1. The van der Waals surface area contributed by atoms with Crippen LogP contribution in [0.3, 0.4) is 0 Å². The maximum Gasteiger partial charge on any atom is 0.227 e. The Labute approximate surface area is 250 Å². The van der Waals surface area contributed by atoms with Crippen LogP contribution < -0.4 is 20.1 Å². The Hall–Kier alpha value is -1.39. The molecule has 0 aromatic heterocycles. The van der Waals surface area contributed by atoms with Crippen LogP contribution in [0.2, 0.25) is 0 Å². The fraction of sp³-hybridized carbons (Fsp3) is 0.500. The van der Waals surface area contributed by atoms with Crippen molar-refractivity contribution < 1.29 is 14.3 Å². The molecule has 3 rings (SSSR count). The summed E-state index contributed by atoms with van der Waals surface area (Å²) in [6.45, 7) is 4.42. The normalized spacial score (nSPS) is 12.8. The van der Waals surface area contributed by atoms with Crippen molar-refractivity contribution in [1.82, 2.24) is 9.80 Å². The Bertz CT molecular complexity index is 1020. The Morgan fingerprint density at radius 2 is 1.49 bits per heavy atom. The molecule has 1 aliphatic rings. The van der Waals surface area contributed by atoms with Gasteiger partial charge in [0.15, 0.2) is 11.5 Å². The first kappa shape index (κ1) is 33.6. The van der Waals surface area contributed by atoms with E-state index in [0.29, 0.717) is 17.9 Å². The van der Waals surface area contributed by atoms with Gasteiger partial charge in [0.05, 0.1) is 26.3 Å². The number of ether oxygens (including phenoxy) is 2. The van der Waals surface area contributed by atoms with Crippen molar-refractivity contribution in [3.8, 4) is 11.5 Å². The van der Waals surface area contributed by atoms with E-state index < -0.39 is 0 Å². The van der Waals surface area contributed by atoms with Gasteiger partial charge in [-0.05, 0) is 107 Å². The summed E-state index contributed by atoms with van der Waals surface area (Å²) in [5.41, 5.74) is 10.0. The number of benzene rings is 2. The SMILES string of the molecule is COc1cc2c(cc1OC)CC(=O)N(CCCN(C)CCCN(C)c1cc(Br)c(N)c(Br)c1)CC2.Cl.Cl. The first-order chi connectivity index (χ1) is 16.7. The fourth-order valence-electron chi connectivity index (χ4n) is 4.39. The van der Waals surface area contributed by atoms with Crippen LogP contribution in [0, 0.1) is 0 Å². The summed E-state index contributed by atoms with van der Waals surface area (Å²) in [5.74, 6) is 1.58. The average Bonchev–Trinajstić information content (AvgIpc) is 2.98. The quantitative estimate of drug-likeness (QED) is 0.319. The van der Waals surface area contributed by atoms with E-state index in [9.17, 15) is 4.79 Å². The van der Waals surface area contributed by atoms with Gasteiger partial charge < -0.3 is 29.9 Å². The minimum absolute atomic E-state index is 0.